The Morgan fingerprint density at radius 1 is 1.17 bits per heavy atom. The van der Waals surface area contributed by atoms with Gasteiger partial charge in [-0.1, -0.05) is 30.3 Å². The second kappa shape index (κ2) is 6.74. The molecule has 2 rings (SSSR count). The summed E-state index contributed by atoms with van der Waals surface area (Å²) in [4.78, 5) is 23.7. The molecule has 0 spiro atoms. The highest BCUT2D eigenvalue weighted by Gasteiger charge is 2.19. The van der Waals surface area contributed by atoms with Crippen LogP contribution in [-0.4, -0.2) is 29.4 Å². The summed E-state index contributed by atoms with van der Waals surface area (Å²) in [6.07, 6.45) is 0. The second-order valence-electron chi connectivity index (χ2n) is 5.20. The smallest absolute Gasteiger partial charge is 0.267 e. The second-order valence-corrected chi connectivity index (χ2v) is 7.44. The summed E-state index contributed by atoms with van der Waals surface area (Å²) < 4.78 is 26.2. The lowest BCUT2D eigenvalue weighted by Crippen LogP contribution is -2.40. The monoisotopic (exact) mass is 335 g/mol. The molecule has 8 heteroatoms. The van der Waals surface area contributed by atoms with Crippen LogP contribution in [0, 0.1) is 0 Å². The number of nitrogens with one attached hydrogen (secondary N) is 1. The highest BCUT2D eigenvalue weighted by Crippen LogP contribution is 2.13. The summed E-state index contributed by atoms with van der Waals surface area (Å²) in [5, 5.41) is 3.36. The Kier molecular flexibility index (Phi) is 4.95. The first-order valence-corrected chi connectivity index (χ1v) is 8.52. The molecule has 1 aromatic carbocycles. The van der Waals surface area contributed by atoms with Crippen molar-refractivity contribution >= 4 is 15.9 Å². The third-order valence-electron chi connectivity index (χ3n) is 3.11. The zero-order valence-electron chi connectivity index (χ0n) is 12.8. The fourth-order valence-corrected chi connectivity index (χ4v) is 2.39. The van der Waals surface area contributed by atoms with Crippen LogP contribution in [0.5, 0.6) is 0 Å². The van der Waals surface area contributed by atoms with Crippen molar-refractivity contribution in [2.75, 3.05) is 0 Å². The largest absolute Gasteiger partial charge is 0.272 e. The van der Waals surface area contributed by atoms with Crippen molar-refractivity contribution in [2.45, 2.75) is 25.6 Å². The number of carbonyl (C=O) groups excluding carboxylic acids is 1. The van der Waals surface area contributed by atoms with Crippen LogP contribution in [0.4, 0.5) is 0 Å². The van der Waals surface area contributed by atoms with Gasteiger partial charge in [-0.05, 0) is 19.9 Å². The lowest BCUT2D eigenvalue weighted by molar-refractivity contribution is -0.120. The molecule has 1 aromatic heterocycles. The van der Waals surface area contributed by atoms with E-state index in [0.29, 0.717) is 5.69 Å². The van der Waals surface area contributed by atoms with E-state index in [1.165, 1.54) is 19.9 Å². The molecule has 0 fully saturated rings. The van der Waals surface area contributed by atoms with Gasteiger partial charge in [0.05, 0.1) is 10.9 Å². The molecule has 1 heterocycles. The van der Waals surface area contributed by atoms with Gasteiger partial charge >= 0.3 is 0 Å². The van der Waals surface area contributed by atoms with E-state index in [2.05, 4.69) is 5.10 Å². The number of aromatic nitrogens is 2. The number of benzene rings is 1. The lowest BCUT2D eigenvalue weighted by Gasteiger charge is -2.10. The number of carbonyl (C=O) groups is 1. The molecule has 2 aromatic rings. The van der Waals surface area contributed by atoms with Gasteiger partial charge in [0, 0.05) is 11.6 Å². The van der Waals surface area contributed by atoms with Crippen LogP contribution >= 0.6 is 0 Å². The number of hydrogen-bond acceptors (Lipinski definition) is 5. The summed E-state index contributed by atoms with van der Waals surface area (Å²) in [7, 11) is -3.74. The van der Waals surface area contributed by atoms with Crippen LogP contribution < -0.4 is 10.3 Å². The number of nitrogens with zero attached hydrogens (tertiary/aromatic N) is 2. The van der Waals surface area contributed by atoms with E-state index in [1.807, 2.05) is 35.1 Å². The third-order valence-corrected chi connectivity index (χ3v) is 4.86. The highest BCUT2D eigenvalue weighted by atomic mass is 32.2. The Labute approximate surface area is 134 Å². The van der Waals surface area contributed by atoms with Gasteiger partial charge in [-0.2, -0.15) is 5.10 Å². The van der Waals surface area contributed by atoms with Crippen LogP contribution in [-0.2, 0) is 21.4 Å². The molecule has 0 saturated heterocycles. The fraction of sp³-hybridized carbons (Fsp3) is 0.267. The Morgan fingerprint density at radius 2 is 1.83 bits per heavy atom. The van der Waals surface area contributed by atoms with Crippen molar-refractivity contribution < 1.29 is 13.2 Å². The van der Waals surface area contributed by atoms with Crippen LogP contribution in [0.2, 0.25) is 0 Å². The van der Waals surface area contributed by atoms with Gasteiger partial charge in [0.15, 0.2) is 0 Å². The summed E-state index contributed by atoms with van der Waals surface area (Å²) >= 11 is 0. The van der Waals surface area contributed by atoms with Crippen molar-refractivity contribution in [3.05, 3.63) is 52.8 Å². The third kappa shape index (κ3) is 4.26. The number of amides is 1. The van der Waals surface area contributed by atoms with E-state index in [9.17, 15) is 18.0 Å². The minimum absolute atomic E-state index is 0.467. The van der Waals surface area contributed by atoms with Crippen molar-refractivity contribution in [3.63, 3.8) is 0 Å². The average Bonchev–Trinajstić information content (AvgIpc) is 2.49. The van der Waals surface area contributed by atoms with Crippen LogP contribution in [0.3, 0.4) is 0 Å². The normalized spacial score (nSPS) is 11.4. The van der Waals surface area contributed by atoms with Crippen molar-refractivity contribution in [2.24, 2.45) is 0 Å². The van der Waals surface area contributed by atoms with E-state index >= 15 is 0 Å². The number of hydrogen-bond donors (Lipinski definition) is 1. The average molecular weight is 335 g/mol. The van der Waals surface area contributed by atoms with Gasteiger partial charge in [0.25, 0.3) is 11.5 Å². The molecule has 23 heavy (non-hydrogen) atoms. The van der Waals surface area contributed by atoms with Gasteiger partial charge in [-0.3, -0.25) is 14.3 Å². The van der Waals surface area contributed by atoms with Gasteiger partial charge in [0.1, 0.15) is 6.54 Å². The van der Waals surface area contributed by atoms with Gasteiger partial charge in [0.2, 0.25) is 10.0 Å². The standard InChI is InChI=1S/C15H17N3O4S/c1-11(2)23(21,22)17-14(19)10-18-15(20)9-8-13(16-18)12-6-4-3-5-7-12/h3-9,11H,10H2,1-2H3,(H,17,19). The maximum atomic E-state index is 11.8. The summed E-state index contributed by atoms with van der Waals surface area (Å²) in [5.74, 6) is -0.807. The van der Waals surface area contributed by atoms with Crippen molar-refractivity contribution in [1.29, 1.82) is 0 Å². The molecule has 1 amide bonds. The molecule has 122 valence electrons. The van der Waals surface area contributed by atoms with E-state index in [0.717, 1.165) is 10.2 Å². The minimum atomic E-state index is -3.74. The maximum absolute atomic E-state index is 11.8. The fourth-order valence-electron chi connectivity index (χ4n) is 1.77. The molecule has 7 nitrogen and oxygen atoms in total. The van der Waals surface area contributed by atoms with E-state index in [4.69, 9.17) is 0 Å². The topological polar surface area (TPSA) is 98.1 Å². The first-order chi connectivity index (χ1) is 10.8. The number of rotatable bonds is 5. The SMILES string of the molecule is CC(C)S(=O)(=O)NC(=O)Cn1nc(-c2ccccc2)ccc1=O. The zero-order chi connectivity index (χ0) is 17.0. The quantitative estimate of drug-likeness (QED) is 0.870. The predicted molar refractivity (Wildman–Crippen MR) is 86.1 cm³/mol. The van der Waals surface area contributed by atoms with E-state index < -0.39 is 33.3 Å². The molecule has 0 radical (unpaired) electrons. The van der Waals surface area contributed by atoms with Gasteiger partial charge in [-0.25, -0.2) is 13.1 Å². The molecule has 0 bridgehead atoms. The summed E-state index contributed by atoms with van der Waals surface area (Å²) in [6, 6.07) is 12.0. The first-order valence-electron chi connectivity index (χ1n) is 6.97. The Balaban J connectivity index is 2.24. The lowest BCUT2D eigenvalue weighted by atomic mass is 10.1. The van der Waals surface area contributed by atoms with E-state index in [1.54, 1.807) is 6.07 Å². The molecule has 1 N–H and O–H groups in total. The minimum Gasteiger partial charge on any atom is -0.272 e. The van der Waals surface area contributed by atoms with Gasteiger partial charge < -0.3 is 0 Å². The van der Waals surface area contributed by atoms with Crippen LogP contribution in [0.1, 0.15) is 13.8 Å². The van der Waals surface area contributed by atoms with Crippen molar-refractivity contribution in [3.8, 4) is 11.3 Å². The molecular weight excluding hydrogens is 318 g/mol. The Morgan fingerprint density at radius 3 is 2.43 bits per heavy atom. The number of sulfonamides is 1. The summed E-state index contributed by atoms with van der Waals surface area (Å²) in [5.41, 5.74) is 0.822. The molecule has 0 saturated carbocycles. The van der Waals surface area contributed by atoms with E-state index in [-0.39, 0.29) is 0 Å². The molecule has 0 unspecified atom stereocenters. The molecule has 0 aliphatic carbocycles. The van der Waals surface area contributed by atoms with Gasteiger partial charge in [-0.15, -0.1) is 0 Å². The predicted octanol–water partition coefficient (Wildman–Crippen LogP) is 0.765. The first kappa shape index (κ1) is 16.9. The molecule has 0 aliphatic rings. The molecule has 0 atom stereocenters. The highest BCUT2D eigenvalue weighted by molar-refractivity contribution is 7.90. The maximum Gasteiger partial charge on any atom is 0.267 e. The summed E-state index contributed by atoms with van der Waals surface area (Å²) in [6.45, 7) is 2.44. The molecular formula is C15H17N3O4S. The van der Waals surface area contributed by atoms with Crippen LogP contribution in [0.15, 0.2) is 47.3 Å². The molecule has 0 aliphatic heterocycles. The zero-order valence-corrected chi connectivity index (χ0v) is 13.6. The van der Waals surface area contributed by atoms with Crippen LogP contribution in [0.25, 0.3) is 11.3 Å². The Bertz CT molecular complexity index is 858. The Hall–Kier alpha value is -2.48. The van der Waals surface area contributed by atoms with Crippen molar-refractivity contribution in [1.82, 2.24) is 14.5 Å².